The van der Waals surface area contributed by atoms with Crippen molar-refractivity contribution in [2.75, 3.05) is 7.11 Å². The number of methoxy groups -OCH3 is 1. The minimum Gasteiger partial charge on any atom is -0.464 e. The van der Waals surface area contributed by atoms with E-state index in [1.165, 1.54) is 13.3 Å². The summed E-state index contributed by atoms with van der Waals surface area (Å²) in [7, 11) is 1.35. The Morgan fingerprint density at radius 3 is 2.75 bits per heavy atom. The quantitative estimate of drug-likeness (QED) is 0.677. The van der Waals surface area contributed by atoms with Crippen LogP contribution in [0.4, 0.5) is 0 Å². The van der Waals surface area contributed by atoms with Gasteiger partial charge in [0.05, 0.1) is 13.3 Å². The third kappa shape index (κ3) is 1.64. The largest absolute Gasteiger partial charge is 0.464 e. The van der Waals surface area contributed by atoms with Gasteiger partial charge in [-0.3, -0.25) is 0 Å². The predicted octanol–water partition coefficient (Wildman–Crippen LogP) is 1.32. The maximum Gasteiger partial charge on any atom is 0.356 e. The smallest absolute Gasteiger partial charge is 0.356 e. The van der Waals surface area contributed by atoms with Gasteiger partial charge in [-0.1, -0.05) is 13.8 Å². The zero-order valence-corrected chi connectivity index (χ0v) is 7.42. The van der Waals surface area contributed by atoms with E-state index < -0.39 is 0 Å². The van der Waals surface area contributed by atoms with Gasteiger partial charge in [-0.15, -0.1) is 0 Å². The highest BCUT2D eigenvalue weighted by Crippen LogP contribution is 2.09. The van der Waals surface area contributed by atoms with Crippen molar-refractivity contribution in [1.82, 2.24) is 9.97 Å². The molecule has 1 heterocycles. The maximum atomic E-state index is 11.0. The molecule has 1 aromatic rings. The Bertz CT molecular complexity index is 278. The van der Waals surface area contributed by atoms with Crippen LogP contribution >= 0.6 is 0 Å². The standard InChI is InChI=1S/C8H12N2O2/c1-5(2)7-9-4-6(10-7)8(11)12-3/h4-5H,1-3H3,(H,9,10). The molecule has 4 heteroatoms. The molecule has 0 spiro atoms. The summed E-state index contributed by atoms with van der Waals surface area (Å²) in [5.41, 5.74) is 0.404. The van der Waals surface area contributed by atoms with Gasteiger partial charge in [0, 0.05) is 5.92 Å². The van der Waals surface area contributed by atoms with E-state index in [0.29, 0.717) is 11.6 Å². The highest BCUT2D eigenvalue weighted by Gasteiger charge is 2.10. The van der Waals surface area contributed by atoms with Crippen molar-refractivity contribution in [2.24, 2.45) is 0 Å². The van der Waals surface area contributed by atoms with Crippen LogP contribution in [-0.4, -0.2) is 23.0 Å². The first-order valence-electron chi connectivity index (χ1n) is 3.78. The van der Waals surface area contributed by atoms with Gasteiger partial charge in [0.2, 0.25) is 0 Å². The average Bonchev–Trinajstić information content (AvgIpc) is 2.51. The molecule has 0 aliphatic carbocycles. The molecule has 0 radical (unpaired) electrons. The maximum absolute atomic E-state index is 11.0. The van der Waals surface area contributed by atoms with E-state index in [9.17, 15) is 4.79 Å². The second-order valence-corrected chi connectivity index (χ2v) is 2.83. The number of hydrogen-bond acceptors (Lipinski definition) is 3. The number of ether oxygens (including phenoxy) is 1. The van der Waals surface area contributed by atoms with Crippen molar-refractivity contribution in [2.45, 2.75) is 19.8 Å². The summed E-state index contributed by atoms with van der Waals surface area (Å²) >= 11 is 0. The highest BCUT2D eigenvalue weighted by atomic mass is 16.5. The third-order valence-corrected chi connectivity index (χ3v) is 1.55. The molecular formula is C8H12N2O2. The molecular weight excluding hydrogens is 156 g/mol. The molecule has 0 aliphatic heterocycles. The van der Waals surface area contributed by atoms with Crippen molar-refractivity contribution < 1.29 is 9.53 Å². The first-order chi connectivity index (χ1) is 5.65. The summed E-state index contributed by atoms with van der Waals surface area (Å²) in [5.74, 6) is 0.716. The first kappa shape index (κ1) is 8.77. The van der Waals surface area contributed by atoms with Gasteiger partial charge in [0.1, 0.15) is 11.5 Å². The van der Waals surface area contributed by atoms with Crippen LogP contribution < -0.4 is 0 Å². The molecule has 0 saturated heterocycles. The Kier molecular flexibility index (Phi) is 2.47. The number of rotatable bonds is 2. The molecule has 1 N–H and O–H groups in total. The van der Waals surface area contributed by atoms with Crippen LogP contribution in [0.5, 0.6) is 0 Å². The van der Waals surface area contributed by atoms with Gasteiger partial charge in [-0.25, -0.2) is 9.78 Å². The summed E-state index contributed by atoms with van der Waals surface area (Å²) in [4.78, 5) is 17.9. The van der Waals surface area contributed by atoms with Gasteiger partial charge in [0.15, 0.2) is 0 Å². The first-order valence-corrected chi connectivity index (χ1v) is 3.78. The molecule has 0 aliphatic rings. The molecule has 0 aromatic carbocycles. The molecule has 0 fully saturated rings. The molecule has 0 bridgehead atoms. The van der Waals surface area contributed by atoms with Gasteiger partial charge in [-0.2, -0.15) is 0 Å². The Labute approximate surface area is 71.0 Å². The summed E-state index contributed by atoms with van der Waals surface area (Å²) in [5, 5.41) is 0. The highest BCUT2D eigenvalue weighted by molar-refractivity contribution is 5.86. The zero-order chi connectivity index (χ0) is 9.14. The van der Waals surface area contributed by atoms with Gasteiger partial charge in [-0.05, 0) is 0 Å². The Morgan fingerprint density at radius 2 is 2.33 bits per heavy atom. The van der Waals surface area contributed by atoms with Crippen molar-refractivity contribution >= 4 is 5.97 Å². The van der Waals surface area contributed by atoms with E-state index in [1.807, 2.05) is 13.8 Å². The SMILES string of the molecule is COC(=O)c1cnc(C(C)C)[nH]1. The van der Waals surface area contributed by atoms with Gasteiger partial charge >= 0.3 is 5.97 Å². The van der Waals surface area contributed by atoms with Gasteiger partial charge in [0.25, 0.3) is 0 Å². The van der Waals surface area contributed by atoms with Crippen LogP contribution in [0.1, 0.15) is 36.1 Å². The molecule has 1 rings (SSSR count). The molecule has 1 aromatic heterocycles. The third-order valence-electron chi connectivity index (χ3n) is 1.55. The summed E-state index contributed by atoms with van der Waals surface area (Å²) in [6.07, 6.45) is 1.49. The van der Waals surface area contributed by atoms with Crippen molar-refractivity contribution in [3.05, 3.63) is 17.7 Å². The number of aromatic amines is 1. The minimum absolute atomic E-state index is 0.295. The van der Waals surface area contributed by atoms with E-state index >= 15 is 0 Å². The van der Waals surface area contributed by atoms with Crippen LogP contribution in [0.25, 0.3) is 0 Å². The molecule has 4 nitrogen and oxygen atoms in total. The molecule has 0 unspecified atom stereocenters. The Balaban J connectivity index is 2.84. The average molecular weight is 168 g/mol. The second-order valence-electron chi connectivity index (χ2n) is 2.83. The summed E-state index contributed by atoms with van der Waals surface area (Å²) in [6.45, 7) is 4.00. The van der Waals surface area contributed by atoms with Crippen LogP contribution in [0.15, 0.2) is 6.20 Å². The molecule has 0 saturated carbocycles. The number of aromatic nitrogens is 2. The summed E-state index contributed by atoms with van der Waals surface area (Å²) < 4.78 is 4.52. The number of H-pyrrole nitrogens is 1. The molecule has 0 amide bonds. The van der Waals surface area contributed by atoms with E-state index in [2.05, 4.69) is 14.7 Å². The van der Waals surface area contributed by atoms with Gasteiger partial charge < -0.3 is 9.72 Å². The molecule has 12 heavy (non-hydrogen) atoms. The number of nitrogens with one attached hydrogen (secondary N) is 1. The number of esters is 1. The van der Waals surface area contributed by atoms with Crippen molar-refractivity contribution in [3.8, 4) is 0 Å². The lowest BCUT2D eigenvalue weighted by molar-refractivity contribution is 0.0594. The zero-order valence-electron chi connectivity index (χ0n) is 7.42. The Hall–Kier alpha value is -1.32. The Morgan fingerprint density at radius 1 is 1.67 bits per heavy atom. The van der Waals surface area contributed by atoms with Crippen LogP contribution in [0.3, 0.4) is 0 Å². The van der Waals surface area contributed by atoms with E-state index in [4.69, 9.17) is 0 Å². The molecule has 66 valence electrons. The monoisotopic (exact) mass is 168 g/mol. The normalized spacial score (nSPS) is 10.3. The molecule has 0 atom stereocenters. The number of hydrogen-bond donors (Lipinski definition) is 1. The predicted molar refractivity (Wildman–Crippen MR) is 44.0 cm³/mol. The van der Waals surface area contributed by atoms with E-state index in [1.54, 1.807) is 0 Å². The fourth-order valence-corrected chi connectivity index (χ4v) is 0.844. The van der Waals surface area contributed by atoms with E-state index in [-0.39, 0.29) is 5.97 Å². The number of carbonyl (C=O) groups excluding carboxylic acids is 1. The number of imidazole rings is 1. The van der Waals surface area contributed by atoms with Crippen molar-refractivity contribution in [1.29, 1.82) is 0 Å². The van der Waals surface area contributed by atoms with Crippen molar-refractivity contribution in [3.63, 3.8) is 0 Å². The van der Waals surface area contributed by atoms with Crippen LogP contribution in [-0.2, 0) is 4.74 Å². The topological polar surface area (TPSA) is 55.0 Å². The van der Waals surface area contributed by atoms with E-state index in [0.717, 1.165) is 5.82 Å². The number of nitrogens with zero attached hydrogens (tertiary/aromatic N) is 1. The fraction of sp³-hybridized carbons (Fsp3) is 0.500. The lowest BCUT2D eigenvalue weighted by atomic mass is 10.2. The lowest BCUT2D eigenvalue weighted by Gasteiger charge is -1.97. The summed E-state index contributed by atoms with van der Waals surface area (Å²) in [6, 6.07) is 0. The minimum atomic E-state index is -0.380. The number of carbonyl (C=O) groups is 1. The van der Waals surface area contributed by atoms with Crippen LogP contribution in [0.2, 0.25) is 0 Å². The van der Waals surface area contributed by atoms with Crippen LogP contribution in [0, 0.1) is 0 Å². The fourth-order valence-electron chi connectivity index (χ4n) is 0.844. The second kappa shape index (κ2) is 3.38. The lowest BCUT2D eigenvalue weighted by Crippen LogP contribution is -2.01.